The Bertz CT molecular complexity index is 917. The van der Waals surface area contributed by atoms with Crippen molar-refractivity contribution in [3.05, 3.63) is 52.9 Å². The van der Waals surface area contributed by atoms with E-state index in [0.29, 0.717) is 13.2 Å². The highest BCUT2D eigenvalue weighted by atomic mass is 19.1. The highest BCUT2D eigenvalue weighted by Gasteiger charge is 2.59. The van der Waals surface area contributed by atoms with Crippen LogP contribution >= 0.6 is 0 Å². The van der Waals surface area contributed by atoms with Gasteiger partial charge < -0.3 is 14.0 Å². The van der Waals surface area contributed by atoms with Crippen LogP contribution in [-0.2, 0) is 16.1 Å². The lowest BCUT2D eigenvalue weighted by molar-refractivity contribution is -0.144. The number of carbonyl (C=O) groups is 1. The van der Waals surface area contributed by atoms with Crippen molar-refractivity contribution in [3.63, 3.8) is 0 Å². The molecule has 2 atom stereocenters. The smallest absolute Gasteiger partial charge is 0.316 e. The number of carbonyl (C=O) groups excluding carboxylic acids is 1. The number of ether oxygens (including phenoxy) is 2. The number of halogens is 1. The molecule has 0 bridgehead atoms. The molecule has 0 radical (unpaired) electrons. The first-order valence-corrected chi connectivity index (χ1v) is 8.00. The molecule has 1 aromatic carbocycles. The van der Waals surface area contributed by atoms with Crippen molar-refractivity contribution in [2.45, 2.75) is 13.0 Å². The van der Waals surface area contributed by atoms with Crippen molar-refractivity contribution < 1.29 is 18.7 Å². The molecule has 1 saturated carbocycles. The van der Waals surface area contributed by atoms with Crippen LogP contribution in [0.2, 0.25) is 0 Å². The van der Waals surface area contributed by atoms with Crippen LogP contribution in [0.4, 0.5) is 4.39 Å². The summed E-state index contributed by atoms with van der Waals surface area (Å²) in [6, 6.07) is 8.40. The fourth-order valence-corrected chi connectivity index (χ4v) is 3.44. The van der Waals surface area contributed by atoms with Crippen LogP contribution in [0.3, 0.4) is 0 Å². The number of hydrogen-bond acceptors (Lipinski definition) is 3. The lowest BCUT2D eigenvalue weighted by Crippen LogP contribution is -2.36. The van der Waals surface area contributed by atoms with E-state index < -0.39 is 5.41 Å². The van der Waals surface area contributed by atoms with Crippen molar-refractivity contribution >= 4 is 18.1 Å². The minimum Gasteiger partial charge on any atom is -0.489 e. The summed E-state index contributed by atoms with van der Waals surface area (Å²) in [4.78, 5) is 12.1. The van der Waals surface area contributed by atoms with Gasteiger partial charge in [0.05, 0.1) is 19.1 Å². The normalized spacial score (nSPS) is 23.3. The number of esters is 1. The zero-order valence-corrected chi connectivity index (χ0v) is 13.4. The van der Waals surface area contributed by atoms with E-state index in [1.165, 1.54) is 13.2 Å². The van der Waals surface area contributed by atoms with Crippen LogP contribution < -0.4 is 15.3 Å². The molecule has 0 amide bonds. The fraction of sp³-hybridized carbons (Fsp3) is 0.316. The molecule has 2 aromatic rings. The summed E-state index contributed by atoms with van der Waals surface area (Å²) in [6.07, 6.45) is 6.93. The van der Waals surface area contributed by atoms with Gasteiger partial charge in [-0.05, 0) is 41.8 Å². The molecule has 0 spiro atoms. The Morgan fingerprint density at radius 2 is 2.21 bits per heavy atom. The molecule has 2 unspecified atom stereocenters. The van der Waals surface area contributed by atoms with Crippen LogP contribution in [0.15, 0.2) is 36.5 Å². The maximum Gasteiger partial charge on any atom is 0.316 e. The Labute approximate surface area is 138 Å². The fourth-order valence-electron chi connectivity index (χ4n) is 3.44. The van der Waals surface area contributed by atoms with Crippen LogP contribution in [0.5, 0.6) is 5.75 Å². The first kappa shape index (κ1) is 15.0. The number of fused-ring (bicyclic) bond motifs is 2. The quantitative estimate of drug-likeness (QED) is 0.781. The molecule has 1 heterocycles. The zero-order valence-electron chi connectivity index (χ0n) is 13.4. The number of methoxy groups -OCH3 is 1. The summed E-state index contributed by atoms with van der Waals surface area (Å²) in [5.41, 5.74) is -0.496. The lowest BCUT2D eigenvalue weighted by Gasteiger charge is -2.13. The number of aromatic nitrogens is 1. The molecule has 4 nitrogen and oxygen atoms in total. The zero-order chi connectivity index (χ0) is 16.7. The standard InChI is InChI=1S/C19H18FNO3/c1-23-18(22)19-11-14(19)10-13-6-7-21(16(13)12-19)8-9-24-17-5-3-2-4-15(17)20/h2-7,10,12,14H,8-9,11H2,1H3. The van der Waals surface area contributed by atoms with Crippen LogP contribution in [0, 0.1) is 17.2 Å². The molecular weight excluding hydrogens is 309 g/mol. The Morgan fingerprint density at radius 3 is 3.00 bits per heavy atom. The first-order chi connectivity index (χ1) is 11.6. The molecule has 2 aliphatic rings. The largest absolute Gasteiger partial charge is 0.489 e. The van der Waals surface area contributed by atoms with Gasteiger partial charge in [-0.1, -0.05) is 18.2 Å². The summed E-state index contributed by atoms with van der Waals surface area (Å²) in [7, 11) is 1.43. The molecule has 2 aliphatic carbocycles. The van der Waals surface area contributed by atoms with Gasteiger partial charge in [-0.15, -0.1) is 0 Å². The maximum absolute atomic E-state index is 13.6. The first-order valence-electron chi connectivity index (χ1n) is 8.00. The lowest BCUT2D eigenvalue weighted by atomic mass is 9.99. The van der Waals surface area contributed by atoms with Gasteiger partial charge in [0.2, 0.25) is 0 Å². The van der Waals surface area contributed by atoms with Gasteiger partial charge in [0.1, 0.15) is 6.61 Å². The number of hydrogen-bond donors (Lipinski definition) is 0. The van der Waals surface area contributed by atoms with Gasteiger partial charge >= 0.3 is 5.97 Å². The summed E-state index contributed by atoms with van der Waals surface area (Å²) >= 11 is 0. The molecule has 4 rings (SSSR count). The molecule has 5 heteroatoms. The second-order valence-corrected chi connectivity index (χ2v) is 6.28. The van der Waals surface area contributed by atoms with Crippen molar-refractivity contribution in [3.8, 4) is 5.75 Å². The van der Waals surface area contributed by atoms with E-state index in [4.69, 9.17) is 9.47 Å². The number of para-hydroxylation sites is 1. The minimum atomic E-state index is -0.496. The molecule has 0 N–H and O–H groups in total. The van der Waals surface area contributed by atoms with E-state index in [9.17, 15) is 9.18 Å². The van der Waals surface area contributed by atoms with Crippen LogP contribution in [-0.4, -0.2) is 24.3 Å². The molecular formula is C19H18FNO3. The number of rotatable bonds is 5. The van der Waals surface area contributed by atoms with Crippen LogP contribution in [0.25, 0.3) is 12.2 Å². The average Bonchev–Trinajstić information content (AvgIpc) is 3.20. The van der Waals surface area contributed by atoms with E-state index in [1.54, 1.807) is 18.2 Å². The third kappa shape index (κ3) is 2.31. The average molecular weight is 327 g/mol. The minimum absolute atomic E-state index is 0.176. The summed E-state index contributed by atoms with van der Waals surface area (Å²) in [5.74, 6) is -0.0486. The van der Waals surface area contributed by atoms with Gasteiger partial charge in [-0.2, -0.15) is 0 Å². The SMILES string of the molecule is COC(=O)C12C=c3c(ccn3CCOc3ccccc3F)=CC1C2. The predicted molar refractivity (Wildman–Crippen MR) is 87.1 cm³/mol. The highest BCUT2D eigenvalue weighted by molar-refractivity contribution is 5.90. The number of benzene rings is 1. The van der Waals surface area contributed by atoms with Crippen molar-refractivity contribution in [1.82, 2.24) is 4.57 Å². The van der Waals surface area contributed by atoms with E-state index in [0.717, 1.165) is 17.0 Å². The molecule has 24 heavy (non-hydrogen) atoms. The van der Waals surface area contributed by atoms with Gasteiger partial charge in [0.25, 0.3) is 0 Å². The second kappa shape index (κ2) is 5.51. The van der Waals surface area contributed by atoms with E-state index in [1.807, 2.05) is 22.9 Å². The van der Waals surface area contributed by atoms with Gasteiger partial charge in [-0.25, -0.2) is 4.39 Å². The van der Waals surface area contributed by atoms with Gasteiger partial charge in [-0.3, -0.25) is 4.79 Å². The summed E-state index contributed by atoms with van der Waals surface area (Å²) in [5, 5.41) is 2.13. The Morgan fingerprint density at radius 1 is 1.38 bits per heavy atom. The van der Waals surface area contributed by atoms with Crippen molar-refractivity contribution in [2.75, 3.05) is 13.7 Å². The highest BCUT2D eigenvalue weighted by Crippen LogP contribution is 2.56. The Balaban J connectivity index is 1.53. The molecule has 0 aliphatic heterocycles. The Hall–Kier alpha value is -2.56. The Kier molecular flexibility index (Phi) is 3.44. The maximum atomic E-state index is 13.6. The van der Waals surface area contributed by atoms with E-state index in [-0.39, 0.29) is 23.5 Å². The molecule has 1 aromatic heterocycles. The second-order valence-electron chi connectivity index (χ2n) is 6.28. The van der Waals surface area contributed by atoms with Crippen molar-refractivity contribution in [2.24, 2.45) is 11.3 Å². The van der Waals surface area contributed by atoms with Crippen LogP contribution in [0.1, 0.15) is 6.42 Å². The summed E-state index contributed by atoms with van der Waals surface area (Å²) in [6.45, 7) is 0.931. The summed E-state index contributed by atoms with van der Waals surface area (Å²) < 4.78 is 26.1. The number of nitrogens with zero attached hydrogens (tertiary/aromatic N) is 1. The van der Waals surface area contributed by atoms with Gasteiger partial charge in [0, 0.05) is 11.5 Å². The van der Waals surface area contributed by atoms with E-state index >= 15 is 0 Å². The molecule has 124 valence electrons. The monoisotopic (exact) mass is 327 g/mol. The van der Waals surface area contributed by atoms with E-state index in [2.05, 4.69) is 6.08 Å². The third-order valence-electron chi connectivity index (χ3n) is 4.87. The topological polar surface area (TPSA) is 40.5 Å². The third-order valence-corrected chi connectivity index (χ3v) is 4.87. The van der Waals surface area contributed by atoms with Crippen molar-refractivity contribution in [1.29, 1.82) is 0 Å². The van der Waals surface area contributed by atoms with Gasteiger partial charge in [0.15, 0.2) is 11.6 Å². The predicted octanol–water partition coefficient (Wildman–Crippen LogP) is 1.46. The molecule has 1 fully saturated rings. The molecule has 0 saturated heterocycles.